The van der Waals surface area contributed by atoms with Crippen molar-refractivity contribution in [2.75, 3.05) is 31.3 Å². The standard InChI is InChI=1S/C21H27N3O5S/c1-6-17(16-11-12-19(28-3)20(13-16)29-4)22-23-21(25)14-24(30(5,26)27)18-10-8-7-9-15(18)2/h7-13H,6,14H2,1-5H3,(H,23,25)/b22-17-. The first kappa shape index (κ1) is 23.2. The van der Waals surface area contributed by atoms with Crippen molar-refractivity contribution in [3.63, 3.8) is 0 Å². The van der Waals surface area contributed by atoms with Crippen molar-refractivity contribution in [3.8, 4) is 11.5 Å². The number of benzene rings is 2. The van der Waals surface area contributed by atoms with E-state index in [1.165, 1.54) is 7.11 Å². The van der Waals surface area contributed by atoms with Crippen LogP contribution >= 0.6 is 0 Å². The van der Waals surface area contributed by atoms with E-state index >= 15 is 0 Å². The molecule has 0 aromatic heterocycles. The van der Waals surface area contributed by atoms with Gasteiger partial charge in [0.05, 0.1) is 31.9 Å². The summed E-state index contributed by atoms with van der Waals surface area (Å²) < 4.78 is 36.1. The van der Waals surface area contributed by atoms with E-state index in [2.05, 4.69) is 10.5 Å². The van der Waals surface area contributed by atoms with Gasteiger partial charge in [-0.25, -0.2) is 13.8 Å². The molecule has 9 heteroatoms. The fraction of sp³-hybridized carbons (Fsp3) is 0.333. The molecule has 0 aliphatic rings. The summed E-state index contributed by atoms with van der Waals surface area (Å²) in [5.41, 5.74) is 5.04. The molecule has 0 heterocycles. The number of sulfonamides is 1. The van der Waals surface area contributed by atoms with Crippen molar-refractivity contribution >= 4 is 27.3 Å². The number of hydrogen-bond acceptors (Lipinski definition) is 6. The summed E-state index contributed by atoms with van der Waals surface area (Å²) in [6, 6.07) is 12.3. The highest BCUT2D eigenvalue weighted by Gasteiger charge is 2.22. The minimum Gasteiger partial charge on any atom is -0.493 e. The van der Waals surface area contributed by atoms with Gasteiger partial charge in [0.25, 0.3) is 5.91 Å². The topological polar surface area (TPSA) is 97.3 Å². The molecular weight excluding hydrogens is 406 g/mol. The van der Waals surface area contributed by atoms with E-state index in [-0.39, 0.29) is 6.54 Å². The molecule has 8 nitrogen and oxygen atoms in total. The Hall–Kier alpha value is -3.07. The summed E-state index contributed by atoms with van der Waals surface area (Å²) in [6.07, 6.45) is 1.61. The van der Waals surface area contributed by atoms with Gasteiger partial charge >= 0.3 is 0 Å². The predicted molar refractivity (Wildman–Crippen MR) is 118 cm³/mol. The van der Waals surface area contributed by atoms with Crippen LogP contribution in [0.1, 0.15) is 24.5 Å². The van der Waals surface area contributed by atoms with Gasteiger partial charge in [-0.1, -0.05) is 25.1 Å². The second-order valence-electron chi connectivity index (χ2n) is 6.57. The largest absolute Gasteiger partial charge is 0.493 e. The Balaban J connectivity index is 2.22. The van der Waals surface area contributed by atoms with Gasteiger partial charge in [-0.05, 0) is 43.2 Å². The predicted octanol–water partition coefficient (Wildman–Crippen LogP) is 2.71. The van der Waals surface area contributed by atoms with Crippen LogP contribution in [0.4, 0.5) is 5.69 Å². The maximum atomic E-state index is 12.5. The molecule has 0 radical (unpaired) electrons. The normalized spacial score (nSPS) is 11.7. The molecule has 2 aromatic rings. The molecule has 0 bridgehead atoms. The molecule has 1 amide bonds. The monoisotopic (exact) mass is 433 g/mol. The number of anilines is 1. The molecule has 0 aliphatic heterocycles. The van der Waals surface area contributed by atoms with E-state index < -0.39 is 15.9 Å². The molecule has 162 valence electrons. The van der Waals surface area contributed by atoms with E-state index in [9.17, 15) is 13.2 Å². The van der Waals surface area contributed by atoms with Crippen molar-refractivity contribution in [1.29, 1.82) is 0 Å². The van der Waals surface area contributed by atoms with Gasteiger partial charge in [0.2, 0.25) is 10.0 Å². The van der Waals surface area contributed by atoms with Gasteiger partial charge in [0.1, 0.15) is 6.54 Å². The molecule has 1 N–H and O–H groups in total. The van der Waals surface area contributed by atoms with Gasteiger partial charge in [-0.15, -0.1) is 0 Å². The average molecular weight is 434 g/mol. The van der Waals surface area contributed by atoms with Crippen molar-refractivity contribution < 1.29 is 22.7 Å². The second-order valence-corrected chi connectivity index (χ2v) is 8.48. The Morgan fingerprint density at radius 3 is 2.33 bits per heavy atom. The maximum Gasteiger partial charge on any atom is 0.260 e. The Labute approximate surface area is 177 Å². The third-order valence-corrected chi connectivity index (χ3v) is 5.57. The number of para-hydroxylation sites is 1. The highest BCUT2D eigenvalue weighted by Crippen LogP contribution is 2.28. The zero-order chi connectivity index (χ0) is 22.3. The van der Waals surface area contributed by atoms with Crippen LogP contribution in [0.15, 0.2) is 47.6 Å². The van der Waals surface area contributed by atoms with Crippen molar-refractivity contribution in [2.24, 2.45) is 5.10 Å². The van der Waals surface area contributed by atoms with E-state index in [1.54, 1.807) is 50.4 Å². The molecule has 0 atom stereocenters. The minimum atomic E-state index is -3.65. The summed E-state index contributed by atoms with van der Waals surface area (Å²) in [7, 11) is -0.566. The number of nitrogens with zero attached hydrogens (tertiary/aromatic N) is 2. The fourth-order valence-corrected chi connectivity index (χ4v) is 3.80. The maximum absolute atomic E-state index is 12.5. The quantitative estimate of drug-likeness (QED) is 0.484. The molecule has 0 unspecified atom stereocenters. The van der Waals surface area contributed by atoms with Gasteiger partial charge in [0.15, 0.2) is 11.5 Å². The lowest BCUT2D eigenvalue weighted by atomic mass is 10.1. The number of methoxy groups -OCH3 is 2. The van der Waals surface area contributed by atoms with Crippen molar-refractivity contribution in [2.45, 2.75) is 20.3 Å². The number of rotatable bonds is 9. The Morgan fingerprint density at radius 1 is 1.10 bits per heavy atom. The summed E-state index contributed by atoms with van der Waals surface area (Å²) in [5.74, 6) is 0.586. The molecule has 2 rings (SSSR count). The third-order valence-electron chi connectivity index (χ3n) is 4.44. The lowest BCUT2D eigenvalue weighted by molar-refractivity contribution is -0.119. The molecule has 0 spiro atoms. The van der Waals surface area contributed by atoms with Crippen molar-refractivity contribution in [3.05, 3.63) is 53.6 Å². The first-order valence-electron chi connectivity index (χ1n) is 9.32. The summed E-state index contributed by atoms with van der Waals surface area (Å²) in [4.78, 5) is 12.5. The number of hydrogen-bond donors (Lipinski definition) is 1. The van der Waals surface area contributed by atoms with Crippen LogP contribution in [-0.2, 0) is 14.8 Å². The summed E-state index contributed by atoms with van der Waals surface area (Å²) in [5, 5.41) is 4.19. The fourth-order valence-electron chi connectivity index (χ4n) is 2.88. The zero-order valence-electron chi connectivity index (χ0n) is 17.8. The number of carbonyl (C=O) groups is 1. The summed E-state index contributed by atoms with van der Waals surface area (Å²) in [6.45, 7) is 3.31. The van der Waals surface area contributed by atoms with Crippen molar-refractivity contribution in [1.82, 2.24) is 5.43 Å². The van der Waals surface area contributed by atoms with E-state index in [0.29, 0.717) is 29.3 Å². The minimum absolute atomic E-state index is 0.379. The lowest BCUT2D eigenvalue weighted by Crippen LogP contribution is -2.39. The molecule has 2 aromatic carbocycles. The Kier molecular flexibility index (Phi) is 7.82. The SMILES string of the molecule is CC/C(=N/NC(=O)CN(c1ccccc1C)S(C)(=O)=O)c1ccc(OC)c(OC)c1. The average Bonchev–Trinajstić information content (AvgIpc) is 2.72. The molecule has 0 fully saturated rings. The van der Waals surface area contributed by atoms with Crippen LogP contribution in [0.2, 0.25) is 0 Å². The van der Waals surface area contributed by atoms with E-state index in [0.717, 1.165) is 21.7 Å². The molecular formula is C21H27N3O5S. The Morgan fingerprint density at radius 2 is 1.77 bits per heavy atom. The highest BCUT2D eigenvalue weighted by molar-refractivity contribution is 7.92. The van der Waals surface area contributed by atoms with Crippen LogP contribution < -0.4 is 19.2 Å². The van der Waals surface area contributed by atoms with Crippen LogP contribution in [0, 0.1) is 6.92 Å². The van der Waals surface area contributed by atoms with Gasteiger partial charge in [-0.3, -0.25) is 9.10 Å². The van der Waals surface area contributed by atoms with Gasteiger partial charge in [-0.2, -0.15) is 5.10 Å². The van der Waals surface area contributed by atoms with Crippen LogP contribution in [-0.4, -0.2) is 47.1 Å². The number of ether oxygens (including phenoxy) is 2. The number of hydrazone groups is 1. The number of amides is 1. The summed E-state index contributed by atoms with van der Waals surface area (Å²) >= 11 is 0. The number of nitrogens with one attached hydrogen (secondary N) is 1. The third kappa shape index (κ3) is 5.73. The van der Waals surface area contributed by atoms with E-state index in [4.69, 9.17) is 9.47 Å². The van der Waals surface area contributed by atoms with Gasteiger partial charge < -0.3 is 9.47 Å². The lowest BCUT2D eigenvalue weighted by Gasteiger charge is -2.23. The number of aryl methyl sites for hydroxylation is 1. The molecule has 0 saturated carbocycles. The Bertz CT molecular complexity index is 1030. The first-order valence-corrected chi connectivity index (χ1v) is 11.2. The van der Waals surface area contributed by atoms with Gasteiger partial charge in [0, 0.05) is 5.56 Å². The molecule has 0 aliphatic carbocycles. The van der Waals surface area contributed by atoms with Crippen LogP contribution in [0.25, 0.3) is 0 Å². The number of carbonyl (C=O) groups excluding carboxylic acids is 1. The molecule has 0 saturated heterocycles. The molecule has 30 heavy (non-hydrogen) atoms. The zero-order valence-corrected chi connectivity index (χ0v) is 18.6. The smallest absolute Gasteiger partial charge is 0.260 e. The van der Waals surface area contributed by atoms with E-state index in [1.807, 2.05) is 13.0 Å². The highest BCUT2D eigenvalue weighted by atomic mass is 32.2. The van der Waals surface area contributed by atoms with Crippen LogP contribution in [0.5, 0.6) is 11.5 Å². The van der Waals surface area contributed by atoms with Crippen LogP contribution in [0.3, 0.4) is 0 Å². The first-order chi connectivity index (χ1) is 14.2. The second kappa shape index (κ2) is 10.1.